The van der Waals surface area contributed by atoms with Crippen LogP contribution < -0.4 is 15.4 Å². The number of hydrogen-bond acceptors (Lipinski definition) is 5. The number of hydrogen-bond donors (Lipinski definition) is 3. The number of aromatic carboxylic acids is 1. The van der Waals surface area contributed by atoms with E-state index in [0.717, 1.165) is 30.0 Å². The van der Waals surface area contributed by atoms with Crippen molar-refractivity contribution in [3.05, 3.63) is 107 Å². The predicted octanol–water partition coefficient (Wildman–Crippen LogP) is 5.85. The fraction of sp³-hybridized carbons (Fsp3) is 0.172. The van der Waals surface area contributed by atoms with Crippen molar-refractivity contribution in [3.8, 4) is 22.6 Å². The number of nitrogens with zero attached hydrogens (tertiary/aromatic N) is 1. The Morgan fingerprint density at radius 3 is 2.74 bits per heavy atom. The minimum absolute atomic E-state index is 0.0809. The summed E-state index contributed by atoms with van der Waals surface area (Å²) in [5.41, 5.74) is 6.81. The summed E-state index contributed by atoms with van der Waals surface area (Å²) in [6.07, 6.45) is 4.00. The highest BCUT2D eigenvalue weighted by molar-refractivity contribution is 5.93. The van der Waals surface area contributed by atoms with Crippen molar-refractivity contribution in [2.45, 2.75) is 19.4 Å². The molecule has 1 atom stereocenters. The van der Waals surface area contributed by atoms with E-state index in [9.17, 15) is 9.90 Å². The molecule has 5 rings (SSSR count). The largest absolute Gasteiger partial charge is 0.478 e. The normalized spacial score (nSPS) is 14.7. The lowest BCUT2D eigenvalue weighted by Crippen LogP contribution is -2.34. The molecule has 6 heteroatoms. The highest BCUT2D eigenvalue weighted by Gasteiger charge is 2.21. The van der Waals surface area contributed by atoms with Gasteiger partial charge < -0.3 is 20.5 Å². The first-order valence-corrected chi connectivity index (χ1v) is 11.7. The number of rotatable bonds is 7. The summed E-state index contributed by atoms with van der Waals surface area (Å²) < 4.78 is 5.98. The number of carboxylic acid groups (broad SMARTS) is 1. The van der Waals surface area contributed by atoms with Crippen LogP contribution in [0, 0.1) is 6.92 Å². The van der Waals surface area contributed by atoms with E-state index in [4.69, 9.17) is 4.74 Å². The van der Waals surface area contributed by atoms with Crippen molar-refractivity contribution in [1.29, 1.82) is 0 Å². The van der Waals surface area contributed by atoms with Gasteiger partial charge in [0.05, 0.1) is 17.4 Å². The molecule has 1 aliphatic rings. The molecule has 0 saturated heterocycles. The molecule has 4 aromatic rings. The second-order valence-electron chi connectivity index (χ2n) is 8.67. The maximum atomic E-state index is 11.5. The quantitative estimate of drug-likeness (QED) is 0.318. The Balaban J connectivity index is 1.34. The first kappa shape index (κ1) is 22.6. The second kappa shape index (κ2) is 9.99. The van der Waals surface area contributed by atoms with Crippen LogP contribution in [0.25, 0.3) is 11.1 Å². The number of fused-ring (bicyclic) bond motifs is 1. The smallest absolute Gasteiger partial charge is 0.337 e. The third kappa shape index (κ3) is 5.03. The molecule has 0 amide bonds. The molecule has 1 aliphatic heterocycles. The van der Waals surface area contributed by atoms with Crippen molar-refractivity contribution in [3.63, 3.8) is 0 Å². The monoisotopic (exact) mass is 465 g/mol. The van der Waals surface area contributed by atoms with E-state index in [1.54, 1.807) is 6.20 Å². The zero-order chi connectivity index (χ0) is 24.2. The van der Waals surface area contributed by atoms with Crippen LogP contribution in [0.15, 0.2) is 85.2 Å². The SMILES string of the molecule is Cc1cc(Oc2ccccc2)ccc1-c1ccc2c(c1)CCNC2CNc1cnccc1C(=O)O. The van der Waals surface area contributed by atoms with Gasteiger partial charge in [-0.25, -0.2) is 4.79 Å². The van der Waals surface area contributed by atoms with Gasteiger partial charge in [-0.2, -0.15) is 0 Å². The topological polar surface area (TPSA) is 83.5 Å². The Hall–Kier alpha value is -4.16. The molecule has 3 N–H and O–H groups in total. The van der Waals surface area contributed by atoms with E-state index in [1.165, 1.54) is 34.5 Å². The van der Waals surface area contributed by atoms with E-state index in [-0.39, 0.29) is 11.6 Å². The summed E-state index contributed by atoms with van der Waals surface area (Å²) in [6.45, 7) is 3.54. The van der Waals surface area contributed by atoms with Crippen molar-refractivity contribution in [2.24, 2.45) is 0 Å². The Morgan fingerprint density at radius 1 is 1.09 bits per heavy atom. The van der Waals surface area contributed by atoms with Gasteiger partial charge in [0.25, 0.3) is 0 Å². The summed E-state index contributed by atoms with van der Waals surface area (Å²) in [4.78, 5) is 15.6. The number of carboxylic acids is 1. The molecule has 176 valence electrons. The Labute approximate surface area is 204 Å². The van der Waals surface area contributed by atoms with Crippen LogP contribution in [0.5, 0.6) is 11.5 Å². The Kier molecular flexibility index (Phi) is 6.46. The van der Waals surface area contributed by atoms with Crippen molar-refractivity contribution < 1.29 is 14.6 Å². The van der Waals surface area contributed by atoms with E-state index >= 15 is 0 Å². The number of benzene rings is 3. The van der Waals surface area contributed by atoms with Gasteiger partial charge in [-0.1, -0.05) is 42.5 Å². The molecule has 1 unspecified atom stereocenters. The van der Waals surface area contributed by atoms with Crippen LogP contribution in [0.1, 0.15) is 33.1 Å². The lowest BCUT2D eigenvalue weighted by Gasteiger charge is -2.28. The maximum Gasteiger partial charge on any atom is 0.337 e. The number of aryl methyl sites for hydroxylation is 1. The number of nitrogens with one attached hydrogen (secondary N) is 2. The van der Waals surface area contributed by atoms with Crippen LogP contribution in [0.3, 0.4) is 0 Å². The lowest BCUT2D eigenvalue weighted by atomic mass is 9.89. The van der Waals surface area contributed by atoms with Crippen molar-refractivity contribution >= 4 is 11.7 Å². The molecule has 1 aromatic heterocycles. The fourth-order valence-corrected chi connectivity index (χ4v) is 4.58. The van der Waals surface area contributed by atoms with Gasteiger partial charge in [0.2, 0.25) is 0 Å². The number of aromatic nitrogens is 1. The molecular weight excluding hydrogens is 438 g/mol. The first-order chi connectivity index (χ1) is 17.1. The van der Waals surface area contributed by atoms with E-state index in [1.807, 2.05) is 36.4 Å². The molecule has 2 heterocycles. The molecule has 0 saturated carbocycles. The molecule has 0 bridgehead atoms. The molecular formula is C29H27N3O3. The number of pyridine rings is 1. The van der Waals surface area contributed by atoms with Crippen LogP contribution in [-0.4, -0.2) is 29.1 Å². The van der Waals surface area contributed by atoms with Crippen LogP contribution in [0.4, 0.5) is 5.69 Å². The van der Waals surface area contributed by atoms with Gasteiger partial charge in [-0.05, 0) is 78.0 Å². The zero-order valence-electron chi connectivity index (χ0n) is 19.5. The van der Waals surface area contributed by atoms with Gasteiger partial charge in [0.15, 0.2) is 0 Å². The third-order valence-electron chi connectivity index (χ3n) is 6.34. The number of ether oxygens (including phenoxy) is 1. The Bertz CT molecular complexity index is 1350. The Morgan fingerprint density at radius 2 is 1.94 bits per heavy atom. The van der Waals surface area contributed by atoms with E-state index in [2.05, 4.69) is 52.9 Å². The number of anilines is 1. The van der Waals surface area contributed by atoms with Crippen LogP contribution >= 0.6 is 0 Å². The highest BCUT2D eigenvalue weighted by Crippen LogP contribution is 2.33. The molecule has 0 aliphatic carbocycles. The number of para-hydroxylation sites is 1. The maximum absolute atomic E-state index is 11.5. The van der Waals surface area contributed by atoms with Gasteiger partial charge in [0.1, 0.15) is 11.5 Å². The van der Waals surface area contributed by atoms with Gasteiger partial charge in [0, 0.05) is 18.8 Å². The minimum atomic E-state index is -0.966. The molecule has 0 spiro atoms. The van der Waals surface area contributed by atoms with Gasteiger partial charge >= 0.3 is 5.97 Å². The van der Waals surface area contributed by atoms with Crippen LogP contribution in [0.2, 0.25) is 0 Å². The summed E-state index contributed by atoms with van der Waals surface area (Å²) in [6, 6.07) is 24.2. The summed E-state index contributed by atoms with van der Waals surface area (Å²) in [7, 11) is 0. The first-order valence-electron chi connectivity index (χ1n) is 11.7. The lowest BCUT2D eigenvalue weighted by molar-refractivity contribution is 0.0697. The van der Waals surface area contributed by atoms with Crippen LogP contribution in [-0.2, 0) is 6.42 Å². The molecule has 0 radical (unpaired) electrons. The molecule has 6 nitrogen and oxygen atoms in total. The standard InChI is InChI=1S/C29H27N3O3/c1-19-15-23(35-22-5-3-2-4-6-22)8-10-24(19)20-7-9-25-21(16-20)11-14-31-28(25)18-32-27-17-30-13-12-26(27)29(33)34/h2-10,12-13,15-17,28,31-32H,11,14,18H2,1H3,(H,33,34). The molecule has 35 heavy (non-hydrogen) atoms. The molecule has 3 aromatic carbocycles. The number of carbonyl (C=O) groups is 1. The highest BCUT2D eigenvalue weighted by atomic mass is 16.5. The van der Waals surface area contributed by atoms with Crippen molar-refractivity contribution in [1.82, 2.24) is 10.3 Å². The predicted molar refractivity (Wildman–Crippen MR) is 137 cm³/mol. The average molecular weight is 466 g/mol. The third-order valence-corrected chi connectivity index (χ3v) is 6.34. The summed E-state index contributed by atoms with van der Waals surface area (Å²) >= 11 is 0. The van der Waals surface area contributed by atoms with Crippen molar-refractivity contribution in [2.75, 3.05) is 18.4 Å². The summed E-state index contributed by atoms with van der Waals surface area (Å²) in [5, 5.41) is 16.2. The minimum Gasteiger partial charge on any atom is -0.478 e. The van der Waals surface area contributed by atoms with Gasteiger partial charge in [-0.3, -0.25) is 4.98 Å². The van der Waals surface area contributed by atoms with E-state index < -0.39 is 5.97 Å². The average Bonchev–Trinajstić information content (AvgIpc) is 2.88. The second-order valence-corrected chi connectivity index (χ2v) is 8.67. The molecule has 0 fully saturated rings. The summed E-state index contributed by atoms with van der Waals surface area (Å²) in [5.74, 6) is 0.677. The fourth-order valence-electron chi connectivity index (χ4n) is 4.58. The zero-order valence-corrected chi connectivity index (χ0v) is 19.5. The van der Waals surface area contributed by atoms with E-state index in [0.29, 0.717) is 12.2 Å². The van der Waals surface area contributed by atoms with Gasteiger partial charge in [-0.15, -0.1) is 0 Å².